The molecule has 3 nitrogen and oxygen atoms in total. The number of piperidine rings is 1. The second-order valence-electron chi connectivity index (χ2n) is 7.84. The molecule has 4 rings (SSSR count). The van der Waals surface area contributed by atoms with Gasteiger partial charge in [0.15, 0.2) is 11.2 Å². The number of benzene rings is 2. The predicted octanol–water partition coefficient (Wildman–Crippen LogP) is 4.96. The van der Waals surface area contributed by atoms with Gasteiger partial charge in [0.05, 0.1) is 5.69 Å². The molecule has 0 saturated carbocycles. The summed E-state index contributed by atoms with van der Waals surface area (Å²) >= 11 is -1.06. The largest absolute Gasteiger partial charge is 0.278 e. The molecule has 1 fully saturated rings. The smallest absolute Gasteiger partial charge is 0.199 e. The van der Waals surface area contributed by atoms with E-state index in [1.165, 1.54) is 45.5 Å². The Kier molecular flexibility index (Phi) is 5.38. The molecule has 0 spiro atoms. The lowest BCUT2D eigenvalue weighted by atomic mass is 9.88. The number of hydrogen-bond donors (Lipinski definition) is 0. The average molecular weight is 383 g/mol. The van der Waals surface area contributed by atoms with Crippen molar-refractivity contribution >= 4 is 16.9 Å². The Morgan fingerprint density at radius 3 is 2.37 bits per heavy atom. The summed E-state index contributed by atoms with van der Waals surface area (Å²) in [5.74, 6) is 0. The van der Waals surface area contributed by atoms with E-state index in [1.54, 1.807) is 0 Å². The highest BCUT2D eigenvalue weighted by molar-refractivity contribution is 7.84. The van der Waals surface area contributed by atoms with Crippen LogP contribution in [0.5, 0.6) is 0 Å². The first-order valence-electron chi connectivity index (χ1n) is 10.3. The Morgan fingerprint density at radius 1 is 1.00 bits per heavy atom. The minimum absolute atomic E-state index is 0.851. The van der Waals surface area contributed by atoms with Gasteiger partial charge in [0.2, 0.25) is 0 Å². The van der Waals surface area contributed by atoms with Crippen molar-refractivity contribution in [3.8, 4) is 11.1 Å². The highest BCUT2D eigenvalue weighted by atomic mass is 32.2. The second-order valence-corrected chi connectivity index (χ2v) is 9.26. The molecule has 2 aromatic carbocycles. The third-order valence-electron chi connectivity index (χ3n) is 5.99. The van der Waals surface area contributed by atoms with E-state index in [-0.39, 0.29) is 0 Å². The van der Waals surface area contributed by atoms with Crippen LogP contribution in [-0.2, 0) is 24.0 Å². The number of hydrogen-bond acceptors (Lipinski definition) is 1. The molecule has 0 N–H and O–H groups in total. The van der Waals surface area contributed by atoms with Gasteiger partial charge in [-0.25, -0.2) is 8.51 Å². The minimum Gasteiger partial charge on any atom is -0.278 e. The molecule has 0 aliphatic carbocycles. The van der Waals surface area contributed by atoms with Crippen LogP contribution in [0.25, 0.3) is 11.1 Å². The fourth-order valence-electron chi connectivity index (χ4n) is 4.54. The molecule has 1 unspecified atom stereocenters. The van der Waals surface area contributed by atoms with Crippen molar-refractivity contribution in [1.82, 2.24) is 4.31 Å². The standard InChI is InChI=1S/C23H30N2OS/c1-4-20-18(3)16-22-21(23(20)19-10-8-17(2)9-11-19)12-15-25(22)27(26)24-13-6-5-7-14-24/h8-11,16H,4-7,12-15H2,1-3H3. The molecule has 144 valence electrons. The highest BCUT2D eigenvalue weighted by Gasteiger charge is 2.31. The van der Waals surface area contributed by atoms with Gasteiger partial charge in [-0.2, -0.15) is 0 Å². The van der Waals surface area contributed by atoms with Gasteiger partial charge in [-0.15, -0.1) is 0 Å². The van der Waals surface area contributed by atoms with Gasteiger partial charge in [0.25, 0.3) is 0 Å². The number of fused-ring (bicyclic) bond motifs is 1. The summed E-state index contributed by atoms with van der Waals surface area (Å²) in [7, 11) is 0. The molecule has 2 heterocycles. The molecule has 2 aliphatic rings. The number of rotatable bonds is 4. The van der Waals surface area contributed by atoms with Gasteiger partial charge < -0.3 is 0 Å². The SMILES string of the molecule is CCc1c(C)cc2c(c1-c1ccc(C)cc1)CCN2S(=O)N1CCCCC1. The van der Waals surface area contributed by atoms with Crippen LogP contribution in [0, 0.1) is 13.8 Å². The Balaban J connectivity index is 1.78. The van der Waals surface area contributed by atoms with E-state index in [1.807, 2.05) is 0 Å². The van der Waals surface area contributed by atoms with E-state index in [0.717, 1.165) is 45.3 Å². The molecule has 0 radical (unpaired) electrons. The van der Waals surface area contributed by atoms with E-state index in [0.29, 0.717) is 0 Å². The zero-order valence-electron chi connectivity index (χ0n) is 16.8. The Morgan fingerprint density at radius 2 is 1.70 bits per heavy atom. The van der Waals surface area contributed by atoms with Crippen LogP contribution in [0.2, 0.25) is 0 Å². The van der Waals surface area contributed by atoms with Gasteiger partial charge >= 0.3 is 0 Å². The zero-order valence-corrected chi connectivity index (χ0v) is 17.6. The normalized spacial score (nSPS) is 18.6. The van der Waals surface area contributed by atoms with Crippen LogP contribution in [0.15, 0.2) is 30.3 Å². The van der Waals surface area contributed by atoms with Crippen molar-refractivity contribution in [3.63, 3.8) is 0 Å². The number of aryl methyl sites for hydroxylation is 2. The molecule has 0 amide bonds. The van der Waals surface area contributed by atoms with Crippen molar-refractivity contribution in [2.75, 3.05) is 23.9 Å². The molecule has 27 heavy (non-hydrogen) atoms. The van der Waals surface area contributed by atoms with E-state index in [2.05, 4.69) is 59.7 Å². The van der Waals surface area contributed by atoms with E-state index >= 15 is 0 Å². The molecule has 4 heteroatoms. The number of nitrogens with zero attached hydrogens (tertiary/aromatic N) is 2. The summed E-state index contributed by atoms with van der Waals surface area (Å²) in [6, 6.07) is 11.2. The van der Waals surface area contributed by atoms with Gasteiger partial charge in [-0.05, 0) is 73.4 Å². The zero-order chi connectivity index (χ0) is 19.0. The van der Waals surface area contributed by atoms with Crippen LogP contribution in [0.4, 0.5) is 5.69 Å². The molecule has 1 saturated heterocycles. The molecule has 2 aromatic rings. The summed E-state index contributed by atoms with van der Waals surface area (Å²) < 4.78 is 17.6. The summed E-state index contributed by atoms with van der Waals surface area (Å²) in [5.41, 5.74) is 9.27. The number of anilines is 1. The first kappa shape index (κ1) is 18.7. The summed E-state index contributed by atoms with van der Waals surface area (Å²) in [6.07, 6.45) is 5.59. The van der Waals surface area contributed by atoms with Crippen LogP contribution >= 0.6 is 0 Å². The first-order chi connectivity index (χ1) is 13.1. The van der Waals surface area contributed by atoms with E-state index in [4.69, 9.17) is 0 Å². The lowest BCUT2D eigenvalue weighted by Crippen LogP contribution is -2.40. The quantitative estimate of drug-likeness (QED) is 0.733. The Labute approximate surface area is 166 Å². The van der Waals surface area contributed by atoms with Crippen molar-refractivity contribution in [1.29, 1.82) is 0 Å². The van der Waals surface area contributed by atoms with Gasteiger partial charge in [-0.1, -0.05) is 43.2 Å². The summed E-state index contributed by atoms with van der Waals surface area (Å²) in [6.45, 7) is 9.34. The monoisotopic (exact) mass is 382 g/mol. The minimum atomic E-state index is -1.06. The van der Waals surface area contributed by atoms with E-state index < -0.39 is 11.2 Å². The predicted molar refractivity (Wildman–Crippen MR) is 115 cm³/mol. The fraction of sp³-hybridized carbons (Fsp3) is 0.478. The lowest BCUT2D eigenvalue weighted by Gasteiger charge is -2.30. The highest BCUT2D eigenvalue weighted by Crippen LogP contribution is 2.41. The van der Waals surface area contributed by atoms with E-state index in [9.17, 15) is 4.21 Å². The third-order valence-corrected chi connectivity index (χ3v) is 7.56. The third kappa shape index (κ3) is 3.45. The maximum absolute atomic E-state index is 13.3. The van der Waals surface area contributed by atoms with Crippen molar-refractivity contribution in [2.24, 2.45) is 0 Å². The van der Waals surface area contributed by atoms with Crippen LogP contribution in [0.3, 0.4) is 0 Å². The van der Waals surface area contributed by atoms with Crippen molar-refractivity contribution in [2.45, 2.75) is 52.9 Å². The Hall–Kier alpha value is -1.65. The molecular weight excluding hydrogens is 352 g/mol. The average Bonchev–Trinajstić information content (AvgIpc) is 3.11. The molecule has 0 bridgehead atoms. The first-order valence-corrected chi connectivity index (χ1v) is 11.3. The van der Waals surface area contributed by atoms with Crippen LogP contribution < -0.4 is 4.31 Å². The maximum atomic E-state index is 13.3. The van der Waals surface area contributed by atoms with Gasteiger partial charge in [0.1, 0.15) is 0 Å². The van der Waals surface area contributed by atoms with Crippen molar-refractivity contribution in [3.05, 3.63) is 52.6 Å². The van der Waals surface area contributed by atoms with Gasteiger partial charge in [-0.3, -0.25) is 4.31 Å². The lowest BCUT2D eigenvalue weighted by molar-refractivity contribution is 0.365. The van der Waals surface area contributed by atoms with Crippen LogP contribution in [0.1, 0.15) is 48.4 Å². The maximum Gasteiger partial charge on any atom is 0.199 e. The molecular formula is C23H30N2OS. The summed E-state index contributed by atoms with van der Waals surface area (Å²) in [4.78, 5) is 0. The van der Waals surface area contributed by atoms with Crippen molar-refractivity contribution < 1.29 is 4.21 Å². The molecule has 0 aromatic heterocycles. The second kappa shape index (κ2) is 7.76. The van der Waals surface area contributed by atoms with Gasteiger partial charge in [0, 0.05) is 19.6 Å². The fourth-order valence-corrected chi connectivity index (χ4v) is 5.97. The summed E-state index contributed by atoms with van der Waals surface area (Å²) in [5, 5.41) is 0. The molecule has 1 atom stereocenters. The molecule has 2 aliphatic heterocycles. The topological polar surface area (TPSA) is 23.6 Å². The Bertz CT molecular complexity index is 854. The van der Waals surface area contributed by atoms with Crippen LogP contribution in [-0.4, -0.2) is 28.1 Å².